The van der Waals surface area contributed by atoms with E-state index in [1.807, 2.05) is 48.5 Å². The second kappa shape index (κ2) is 12.7. The summed E-state index contributed by atoms with van der Waals surface area (Å²) in [6.07, 6.45) is 1.33. The number of nitrogens with zero attached hydrogens (tertiary/aromatic N) is 4. The smallest absolute Gasteiger partial charge is 0.269 e. The van der Waals surface area contributed by atoms with Gasteiger partial charge in [0.05, 0.1) is 48.0 Å². The molecule has 50 heavy (non-hydrogen) atoms. The minimum Gasteiger partial charge on any atom is -0.394 e. The Kier molecular flexibility index (Phi) is 8.64. The van der Waals surface area contributed by atoms with Crippen molar-refractivity contribution in [2.24, 2.45) is 5.92 Å². The van der Waals surface area contributed by atoms with Gasteiger partial charge in [0.15, 0.2) is 5.60 Å². The highest BCUT2D eigenvalue weighted by atomic mass is 28.4. The van der Waals surface area contributed by atoms with E-state index < -0.39 is 42.4 Å². The van der Waals surface area contributed by atoms with Gasteiger partial charge in [0, 0.05) is 47.8 Å². The number of halogens is 1. The summed E-state index contributed by atoms with van der Waals surface area (Å²) in [6.45, 7) is 5.20. The molecule has 13 heteroatoms. The van der Waals surface area contributed by atoms with E-state index in [0.29, 0.717) is 42.7 Å². The van der Waals surface area contributed by atoms with Crippen molar-refractivity contribution >= 4 is 48.9 Å². The van der Waals surface area contributed by atoms with Crippen LogP contribution in [0.15, 0.2) is 66.7 Å². The molecule has 1 N–H and O–H groups in total. The van der Waals surface area contributed by atoms with E-state index in [-0.39, 0.29) is 48.7 Å². The average molecular weight is 701 g/mol. The maximum absolute atomic E-state index is 16.3. The fraction of sp³-hybridized carbons (Fsp3) is 0.432. The van der Waals surface area contributed by atoms with Gasteiger partial charge in [-0.25, -0.2) is 0 Å². The molecule has 0 aromatic heterocycles. The summed E-state index contributed by atoms with van der Waals surface area (Å²) in [4.78, 5) is 58.0. The van der Waals surface area contributed by atoms with Gasteiger partial charge in [-0.15, -0.1) is 0 Å². The number of anilines is 3. The van der Waals surface area contributed by atoms with Crippen LogP contribution in [0.3, 0.4) is 0 Å². The summed E-state index contributed by atoms with van der Waals surface area (Å²) >= 11 is 0. The largest absolute Gasteiger partial charge is 0.394 e. The zero-order valence-corrected chi connectivity index (χ0v) is 29.4. The predicted octanol–water partition coefficient (Wildman–Crippen LogP) is 5.90. The number of non-ortho nitro benzene ring substituents is 1. The lowest BCUT2D eigenvalue weighted by molar-refractivity contribution is -0.385. The molecule has 2 fully saturated rings. The topological polar surface area (TPSA) is 134 Å². The second-order valence-corrected chi connectivity index (χ2v) is 18.2. The van der Waals surface area contributed by atoms with Crippen LogP contribution in [-0.4, -0.2) is 66.4 Å². The van der Waals surface area contributed by atoms with Gasteiger partial charge in [-0.2, -0.15) is 0 Å². The molecule has 3 aromatic rings. The number of amides is 3. The highest BCUT2D eigenvalue weighted by molar-refractivity contribution is 6.72. The van der Waals surface area contributed by atoms with Crippen LogP contribution in [0.1, 0.15) is 49.3 Å². The van der Waals surface area contributed by atoms with Crippen LogP contribution in [0.5, 0.6) is 0 Å². The molecule has 2 saturated heterocycles. The van der Waals surface area contributed by atoms with E-state index in [1.54, 1.807) is 16.7 Å². The average Bonchev–Trinajstić information content (AvgIpc) is 3.75. The molecule has 0 bridgehead atoms. The number of fused-ring (bicyclic) bond motifs is 3. The van der Waals surface area contributed by atoms with Crippen molar-refractivity contribution in [2.75, 3.05) is 23.0 Å². The van der Waals surface area contributed by atoms with Crippen LogP contribution < -0.4 is 9.80 Å². The van der Waals surface area contributed by atoms with E-state index in [2.05, 4.69) is 0 Å². The summed E-state index contributed by atoms with van der Waals surface area (Å²) in [6, 6.07) is 19.0. The van der Waals surface area contributed by atoms with E-state index in [0.717, 1.165) is 17.7 Å². The number of ether oxygens (including phenoxy) is 1. The Morgan fingerprint density at radius 1 is 1.08 bits per heavy atom. The molecular weight excluding hydrogens is 660 g/mol. The van der Waals surface area contributed by atoms with E-state index in [1.165, 1.54) is 36.2 Å². The molecule has 11 nitrogen and oxygen atoms in total. The Bertz CT molecular complexity index is 1880. The molecule has 5 atom stereocenters. The highest BCUT2D eigenvalue weighted by Gasteiger charge is 2.67. The molecule has 4 aliphatic heterocycles. The number of aliphatic hydroxyl groups excluding tert-OH is 1. The van der Waals surface area contributed by atoms with Crippen molar-refractivity contribution in [1.82, 2.24) is 4.90 Å². The van der Waals surface area contributed by atoms with Crippen LogP contribution in [0.4, 0.5) is 26.9 Å². The molecule has 4 heterocycles. The lowest BCUT2D eigenvalue weighted by Crippen LogP contribution is -2.45. The monoisotopic (exact) mass is 700 g/mol. The van der Waals surface area contributed by atoms with Crippen molar-refractivity contribution in [1.29, 1.82) is 0 Å². The number of carbonyl (C=O) groups is 3. The first-order chi connectivity index (χ1) is 23.8. The molecule has 0 saturated carbocycles. The second-order valence-electron chi connectivity index (χ2n) is 14.4. The SMILES string of the molecule is C[C@H]1[C@H]([Si](C)(C)F)[C@@H](CC(=O)N2CCC[C@H]2CO)O[C@]12C(=O)N(Cc1cccc(N3C(=O)CCc4ccccc43)c1)c1ccc([N+](=O)[O-])cc12. The number of para-hydroxylation sites is 1. The van der Waals surface area contributed by atoms with Gasteiger partial charge >= 0.3 is 0 Å². The molecule has 262 valence electrons. The third-order valence-corrected chi connectivity index (χ3v) is 13.5. The Balaban J connectivity index is 1.26. The Morgan fingerprint density at radius 3 is 2.60 bits per heavy atom. The summed E-state index contributed by atoms with van der Waals surface area (Å²) in [7, 11) is -3.61. The Labute approximate surface area is 291 Å². The Morgan fingerprint density at radius 2 is 1.86 bits per heavy atom. The maximum Gasteiger partial charge on any atom is 0.269 e. The van der Waals surface area contributed by atoms with Crippen LogP contribution >= 0.6 is 0 Å². The minimum absolute atomic E-state index is 0.0354. The fourth-order valence-corrected chi connectivity index (χ4v) is 11.3. The number of likely N-dealkylation sites (tertiary alicyclic amines) is 1. The lowest BCUT2D eigenvalue weighted by atomic mass is 9.82. The molecule has 4 aliphatic rings. The maximum atomic E-state index is 16.3. The normalized spacial score (nSPS) is 26.1. The summed E-state index contributed by atoms with van der Waals surface area (Å²) in [5, 5.41) is 21.8. The first kappa shape index (κ1) is 34.0. The van der Waals surface area contributed by atoms with Crippen LogP contribution in [0.2, 0.25) is 18.6 Å². The molecule has 0 unspecified atom stereocenters. The fourth-order valence-electron chi connectivity index (χ4n) is 8.84. The molecule has 0 aliphatic carbocycles. The lowest BCUT2D eigenvalue weighted by Gasteiger charge is -2.31. The van der Waals surface area contributed by atoms with Crippen molar-refractivity contribution < 1.29 is 33.3 Å². The van der Waals surface area contributed by atoms with Gasteiger partial charge in [0.2, 0.25) is 20.2 Å². The van der Waals surface area contributed by atoms with Crippen molar-refractivity contribution in [3.8, 4) is 0 Å². The predicted molar refractivity (Wildman–Crippen MR) is 187 cm³/mol. The van der Waals surface area contributed by atoms with Crippen LogP contribution in [0.25, 0.3) is 0 Å². The van der Waals surface area contributed by atoms with Crippen LogP contribution in [0, 0.1) is 16.0 Å². The third-order valence-electron chi connectivity index (χ3n) is 11.0. The summed E-state index contributed by atoms with van der Waals surface area (Å²) in [5.74, 6) is -1.53. The molecular formula is C37H41FN4O7Si. The quantitative estimate of drug-likeness (QED) is 0.134. The molecule has 7 rings (SSSR count). The van der Waals surface area contributed by atoms with Gasteiger partial charge in [-0.05, 0) is 67.7 Å². The number of nitro benzene ring substituents is 1. The van der Waals surface area contributed by atoms with Gasteiger partial charge in [0.25, 0.3) is 11.6 Å². The van der Waals surface area contributed by atoms with Gasteiger partial charge in [-0.3, -0.25) is 29.4 Å². The van der Waals surface area contributed by atoms with Crippen molar-refractivity contribution in [2.45, 2.75) is 82.0 Å². The third kappa shape index (κ3) is 5.51. The van der Waals surface area contributed by atoms with E-state index in [4.69, 9.17) is 4.74 Å². The first-order valence-electron chi connectivity index (χ1n) is 17.2. The first-order valence-corrected chi connectivity index (χ1v) is 20.2. The number of nitro groups is 1. The molecule has 1 spiro atoms. The van der Waals surface area contributed by atoms with Gasteiger partial charge in [-0.1, -0.05) is 37.3 Å². The highest BCUT2D eigenvalue weighted by Crippen LogP contribution is 2.61. The number of aliphatic hydroxyl groups is 1. The zero-order chi connectivity index (χ0) is 35.5. The number of benzene rings is 3. The molecule has 3 aromatic carbocycles. The van der Waals surface area contributed by atoms with Crippen LogP contribution in [-0.2, 0) is 37.7 Å². The molecule has 0 radical (unpaired) electrons. The number of rotatable bonds is 8. The van der Waals surface area contributed by atoms with E-state index in [9.17, 15) is 29.6 Å². The molecule has 3 amide bonds. The number of carbonyl (C=O) groups excluding carboxylic acids is 3. The number of aryl methyl sites for hydroxylation is 1. The van der Waals surface area contributed by atoms with Crippen molar-refractivity contribution in [3.05, 3.63) is 93.5 Å². The summed E-state index contributed by atoms with van der Waals surface area (Å²) < 4.78 is 23.0. The number of hydrogen-bond donors (Lipinski definition) is 1. The Hall–Kier alpha value is -4.46. The summed E-state index contributed by atoms with van der Waals surface area (Å²) in [5.41, 5.74) is 1.19. The number of hydrogen-bond acceptors (Lipinski definition) is 7. The minimum atomic E-state index is -3.61. The zero-order valence-electron chi connectivity index (χ0n) is 28.4. The van der Waals surface area contributed by atoms with E-state index >= 15 is 4.11 Å². The van der Waals surface area contributed by atoms with Gasteiger partial charge in [0.1, 0.15) is 0 Å². The van der Waals surface area contributed by atoms with Crippen molar-refractivity contribution in [3.63, 3.8) is 0 Å². The van der Waals surface area contributed by atoms with Gasteiger partial charge < -0.3 is 23.8 Å². The standard InChI is InChI=1S/C37H41FN4O7Si/c1-23-35(50(2,3)38)32(20-34(45)39-17-7-11-28(39)22-43)49-37(23)29-19-27(42(47)48)14-15-31(29)40(36(37)46)21-24-8-6-10-26(18-24)41-30-12-5-4-9-25(30)13-16-33(41)44/h4-6,8-10,12,14-15,18-19,23,28,32,35,43H,7,11,13,16-17,20-22H2,1-3H3/t23-,28-,32+,35-,37+/m0/s1.